The molecule has 0 amide bonds. The van der Waals surface area contributed by atoms with Crippen LogP contribution < -0.4 is 11.5 Å². The molecule has 0 saturated carbocycles. The first-order valence-corrected chi connectivity index (χ1v) is 7.24. The quantitative estimate of drug-likeness (QED) is 0.334. The normalized spacial score (nSPS) is 13.5. The van der Waals surface area contributed by atoms with Crippen molar-refractivity contribution in [2.75, 3.05) is 11.5 Å². The van der Waals surface area contributed by atoms with Crippen LogP contribution in [0.4, 0.5) is 37.7 Å². The van der Waals surface area contributed by atoms with Crippen LogP contribution in [0, 0.1) is 0 Å². The average molecular weight is 374 g/mol. The van der Waals surface area contributed by atoms with E-state index in [9.17, 15) is 31.4 Å². The van der Waals surface area contributed by atoms with Gasteiger partial charge in [0, 0.05) is 16.9 Å². The van der Waals surface area contributed by atoms with Crippen LogP contribution in [-0.4, -0.2) is 17.5 Å². The molecule has 0 unspecified atom stereocenters. The largest absolute Gasteiger partial charge is 0.430 e. The Balaban J connectivity index is 2.52. The third-order valence-electron chi connectivity index (χ3n) is 4.26. The van der Waals surface area contributed by atoms with E-state index in [4.69, 9.17) is 11.5 Å². The van der Waals surface area contributed by atoms with Gasteiger partial charge in [-0.1, -0.05) is 24.3 Å². The van der Waals surface area contributed by atoms with E-state index >= 15 is 0 Å². The Labute approximate surface area is 142 Å². The van der Waals surface area contributed by atoms with Crippen LogP contribution in [-0.2, 0) is 5.60 Å². The van der Waals surface area contributed by atoms with Crippen molar-refractivity contribution in [2.45, 2.75) is 18.0 Å². The van der Waals surface area contributed by atoms with Crippen LogP contribution in [0.15, 0.2) is 42.5 Å². The Morgan fingerprint density at radius 2 is 1.23 bits per heavy atom. The molecule has 0 fully saturated rings. The van der Waals surface area contributed by atoms with E-state index < -0.39 is 34.6 Å². The number of hydrogen-bond acceptors (Lipinski definition) is 3. The summed E-state index contributed by atoms with van der Waals surface area (Å²) < 4.78 is 80.0. The van der Waals surface area contributed by atoms with Gasteiger partial charge in [0.05, 0.1) is 0 Å². The highest BCUT2D eigenvalue weighted by Crippen LogP contribution is 2.53. The zero-order valence-electron chi connectivity index (χ0n) is 12.9. The van der Waals surface area contributed by atoms with E-state index in [0.717, 1.165) is 12.1 Å². The molecule has 0 aliphatic carbocycles. The first kappa shape index (κ1) is 18.1. The molecule has 0 spiro atoms. The number of hydrogen-bond donors (Lipinski definition) is 3. The fourth-order valence-electron chi connectivity index (χ4n) is 3.02. The second-order valence-electron chi connectivity index (χ2n) is 5.88. The molecule has 138 valence electrons. The lowest BCUT2D eigenvalue weighted by molar-refractivity contribution is -0.375. The lowest BCUT2D eigenvalue weighted by Gasteiger charge is -2.34. The van der Waals surface area contributed by atoms with Crippen LogP contribution in [0.1, 0.15) is 5.56 Å². The summed E-state index contributed by atoms with van der Waals surface area (Å²) in [6, 6.07) is 9.17. The van der Waals surface area contributed by atoms with Gasteiger partial charge in [-0.2, -0.15) is 26.3 Å². The molecule has 0 bridgehead atoms. The predicted octanol–water partition coefficient (Wildman–Crippen LogP) is 4.47. The van der Waals surface area contributed by atoms with Gasteiger partial charge in [0.15, 0.2) is 0 Å². The highest BCUT2D eigenvalue weighted by atomic mass is 19.4. The molecule has 0 aliphatic heterocycles. The van der Waals surface area contributed by atoms with Crippen LogP contribution in [0.25, 0.3) is 21.5 Å². The lowest BCUT2D eigenvalue weighted by Crippen LogP contribution is -2.54. The Morgan fingerprint density at radius 1 is 0.692 bits per heavy atom. The summed E-state index contributed by atoms with van der Waals surface area (Å²) in [5, 5.41) is 10.3. The van der Waals surface area contributed by atoms with Gasteiger partial charge in [0.2, 0.25) is 0 Å². The number of fused-ring (bicyclic) bond motifs is 3. The number of rotatable bonds is 1. The van der Waals surface area contributed by atoms with Crippen molar-refractivity contribution in [3.8, 4) is 0 Å². The Hall–Kier alpha value is -2.68. The minimum atomic E-state index is -6.03. The fourth-order valence-corrected chi connectivity index (χ4v) is 3.02. The topological polar surface area (TPSA) is 72.3 Å². The first-order valence-electron chi connectivity index (χ1n) is 7.24. The monoisotopic (exact) mass is 374 g/mol. The van der Waals surface area contributed by atoms with Gasteiger partial charge in [-0.05, 0) is 39.7 Å². The number of anilines is 2. The van der Waals surface area contributed by atoms with Crippen molar-refractivity contribution < 1.29 is 31.4 Å². The molecule has 0 atom stereocenters. The van der Waals surface area contributed by atoms with Crippen molar-refractivity contribution in [1.29, 1.82) is 0 Å². The Morgan fingerprint density at radius 3 is 1.81 bits per heavy atom. The highest BCUT2D eigenvalue weighted by molar-refractivity contribution is 6.10. The molecule has 0 heterocycles. The molecule has 5 N–H and O–H groups in total. The van der Waals surface area contributed by atoms with E-state index in [0.29, 0.717) is 10.8 Å². The second-order valence-corrected chi connectivity index (χ2v) is 5.88. The van der Waals surface area contributed by atoms with E-state index in [2.05, 4.69) is 0 Å². The van der Waals surface area contributed by atoms with E-state index in [1.54, 1.807) is 12.1 Å². The van der Waals surface area contributed by atoms with E-state index in [1.807, 2.05) is 0 Å². The predicted molar refractivity (Wildman–Crippen MR) is 86.3 cm³/mol. The minimum Gasteiger partial charge on any atom is -0.399 e. The average Bonchev–Trinajstić information content (AvgIpc) is 2.51. The van der Waals surface area contributed by atoms with Crippen molar-refractivity contribution >= 4 is 32.9 Å². The van der Waals surface area contributed by atoms with E-state index in [-0.39, 0.29) is 11.1 Å². The van der Waals surface area contributed by atoms with Gasteiger partial charge in [-0.25, -0.2) is 0 Å². The molecule has 0 aliphatic rings. The number of benzene rings is 3. The Kier molecular flexibility index (Phi) is 3.77. The van der Waals surface area contributed by atoms with Crippen molar-refractivity contribution in [1.82, 2.24) is 0 Å². The molecular formula is C17H12F6N2O. The summed E-state index contributed by atoms with van der Waals surface area (Å²) >= 11 is 0. The van der Waals surface area contributed by atoms with Gasteiger partial charge in [0.1, 0.15) is 0 Å². The van der Waals surface area contributed by atoms with Gasteiger partial charge >= 0.3 is 12.4 Å². The molecule has 26 heavy (non-hydrogen) atoms. The van der Waals surface area contributed by atoms with Crippen molar-refractivity contribution in [2.24, 2.45) is 0 Å². The summed E-state index contributed by atoms with van der Waals surface area (Å²) in [5.74, 6) is 0. The summed E-state index contributed by atoms with van der Waals surface area (Å²) in [6.07, 6.45) is -12.1. The summed E-state index contributed by atoms with van der Waals surface area (Å²) in [4.78, 5) is 0. The van der Waals surface area contributed by atoms with Gasteiger partial charge in [-0.3, -0.25) is 0 Å². The molecule has 9 heteroatoms. The van der Waals surface area contributed by atoms with Crippen LogP contribution >= 0.6 is 0 Å². The zero-order chi connectivity index (χ0) is 19.5. The number of nitrogen functional groups attached to an aromatic ring is 2. The van der Waals surface area contributed by atoms with Gasteiger partial charge < -0.3 is 16.6 Å². The maximum atomic E-state index is 13.3. The van der Waals surface area contributed by atoms with Gasteiger partial charge in [-0.15, -0.1) is 0 Å². The zero-order valence-corrected chi connectivity index (χ0v) is 12.9. The maximum Gasteiger partial charge on any atom is 0.430 e. The number of aliphatic hydroxyl groups is 1. The SMILES string of the molecule is Nc1ccc2ccc3c(C(O)(C(F)(F)F)C(F)(F)F)c(N)ccc3c2c1. The lowest BCUT2D eigenvalue weighted by atomic mass is 9.85. The minimum absolute atomic E-state index is 0.0610. The third kappa shape index (κ3) is 2.42. The fraction of sp³-hybridized carbons (Fsp3) is 0.176. The molecule has 3 rings (SSSR count). The molecule has 0 aromatic heterocycles. The Bertz CT molecular complexity index is 996. The smallest absolute Gasteiger partial charge is 0.399 e. The molecule has 3 nitrogen and oxygen atoms in total. The summed E-state index contributed by atoms with van der Waals surface area (Å²) in [5.41, 5.74) is 4.03. The number of nitrogens with two attached hydrogens (primary N) is 2. The summed E-state index contributed by atoms with van der Waals surface area (Å²) in [7, 11) is 0. The van der Waals surface area contributed by atoms with E-state index in [1.165, 1.54) is 18.2 Å². The maximum absolute atomic E-state index is 13.3. The van der Waals surface area contributed by atoms with Crippen LogP contribution in [0.5, 0.6) is 0 Å². The summed E-state index contributed by atoms with van der Waals surface area (Å²) in [6.45, 7) is 0. The van der Waals surface area contributed by atoms with Crippen LogP contribution in [0.2, 0.25) is 0 Å². The van der Waals surface area contributed by atoms with Crippen LogP contribution in [0.3, 0.4) is 0 Å². The number of halogens is 6. The molecule has 0 saturated heterocycles. The molecule has 0 radical (unpaired) electrons. The van der Waals surface area contributed by atoms with Crippen molar-refractivity contribution in [3.63, 3.8) is 0 Å². The standard InChI is InChI=1S/C17H12F6N2O/c18-16(19,20)15(26,17(21,22)23)14-11-4-2-8-1-3-9(24)7-12(8)10(11)5-6-13(14)25/h1-7,26H,24-25H2. The third-order valence-corrected chi connectivity index (χ3v) is 4.26. The van der Waals surface area contributed by atoms with Crippen molar-refractivity contribution in [3.05, 3.63) is 48.0 Å². The first-order chi connectivity index (χ1) is 11.9. The molecular weight excluding hydrogens is 362 g/mol. The highest BCUT2D eigenvalue weighted by Gasteiger charge is 2.72. The molecule has 3 aromatic carbocycles. The second kappa shape index (κ2) is 5.41. The molecule has 3 aromatic rings. The van der Waals surface area contributed by atoms with Gasteiger partial charge in [0.25, 0.3) is 5.60 Å². The number of alkyl halides is 6.